The molecule has 2 heterocycles. The van der Waals surface area contributed by atoms with Gasteiger partial charge in [-0.15, -0.1) is 0 Å². The first-order valence-electron chi connectivity index (χ1n) is 11.7. The van der Waals surface area contributed by atoms with Crippen LogP contribution in [0.25, 0.3) is 0 Å². The Morgan fingerprint density at radius 2 is 1.82 bits per heavy atom. The molecule has 7 nitrogen and oxygen atoms in total. The van der Waals surface area contributed by atoms with Crippen molar-refractivity contribution in [2.75, 3.05) is 6.54 Å². The lowest BCUT2D eigenvalue weighted by molar-refractivity contribution is -0.138. The molecule has 2 aromatic heterocycles. The standard InChI is InChI=1S/C27H23F4N3O4/c1-14-9-18(38-26-19(28)12-17(13-34-26)27(29,30)31)10-15(2)22(14)23-21(35)11-16(24(23)36)6-8-33-25(37)20-5-3-4-7-32-20/h3-5,7,9-10,12-13,16,23H,6,8,11H2,1-2H3,(H,33,37). The number of hydrogen-bond donors (Lipinski definition) is 1. The lowest BCUT2D eigenvalue weighted by Gasteiger charge is -2.17. The molecule has 2 atom stereocenters. The van der Waals surface area contributed by atoms with E-state index < -0.39 is 35.3 Å². The Morgan fingerprint density at radius 3 is 2.42 bits per heavy atom. The third-order valence-corrected chi connectivity index (χ3v) is 6.34. The molecule has 1 amide bonds. The summed E-state index contributed by atoms with van der Waals surface area (Å²) in [5.41, 5.74) is 0.577. The van der Waals surface area contributed by atoms with Gasteiger partial charge in [0.25, 0.3) is 11.8 Å². The zero-order valence-corrected chi connectivity index (χ0v) is 20.4. The number of rotatable bonds is 7. The summed E-state index contributed by atoms with van der Waals surface area (Å²) in [4.78, 5) is 45.6. The summed E-state index contributed by atoms with van der Waals surface area (Å²) in [5, 5.41) is 2.70. The average molecular weight is 529 g/mol. The van der Waals surface area contributed by atoms with Crippen LogP contribution >= 0.6 is 0 Å². The molecule has 198 valence electrons. The fraction of sp³-hybridized carbons (Fsp3) is 0.296. The number of carbonyl (C=O) groups is 3. The largest absolute Gasteiger partial charge is 0.436 e. The number of halogens is 4. The van der Waals surface area contributed by atoms with Gasteiger partial charge in [-0.05, 0) is 67.3 Å². The molecule has 0 saturated heterocycles. The van der Waals surface area contributed by atoms with Crippen molar-refractivity contribution in [3.63, 3.8) is 0 Å². The van der Waals surface area contributed by atoms with Crippen molar-refractivity contribution in [3.8, 4) is 11.6 Å². The maximum atomic E-state index is 14.2. The average Bonchev–Trinajstić information content (AvgIpc) is 3.13. The second kappa shape index (κ2) is 10.7. The highest BCUT2D eigenvalue weighted by atomic mass is 19.4. The summed E-state index contributed by atoms with van der Waals surface area (Å²) in [5.74, 6) is -4.23. The number of aromatic nitrogens is 2. The first-order chi connectivity index (χ1) is 18.0. The molecule has 1 aromatic carbocycles. The molecular formula is C27H23F4N3O4. The molecule has 1 aliphatic carbocycles. The third kappa shape index (κ3) is 5.71. The molecule has 38 heavy (non-hydrogen) atoms. The Kier molecular flexibility index (Phi) is 7.56. The van der Waals surface area contributed by atoms with Gasteiger partial charge in [-0.2, -0.15) is 13.2 Å². The topological polar surface area (TPSA) is 98.2 Å². The zero-order chi connectivity index (χ0) is 27.6. The van der Waals surface area contributed by atoms with Crippen molar-refractivity contribution < 1.29 is 36.7 Å². The molecule has 4 rings (SSSR count). The van der Waals surface area contributed by atoms with E-state index in [2.05, 4.69) is 15.3 Å². The van der Waals surface area contributed by atoms with Crippen molar-refractivity contribution in [2.24, 2.45) is 5.92 Å². The molecule has 3 aromatic rings. The number of alkyl halides is 3. The van der Waals surface area contributed by atoms with Crippen LogP contribution in [0.5, 0.6) is 11.6 Å². The van der Waals surface area contributed by atoms with E-state index in [-0.39, 0.29) is 48.3 Å². The summed E-state index contributed by atoms with van der Waals surface area (Å²) in [6.07, 6.45) is -2.44. The first-order valence-corrected chi connectivity index (χ1v) is 11.7. The van der Waals surface area contributed by atoms with Gasteiger partial charge in [0.1, 0.15) is 23.1 Å². The van der Waals surface area contributed by atoms with Crippen molar-refractivity contribution in [1.82, 2.24) is 15.3 Å². The van der Waals surface area contributed by atoms with E-state index in [9.17, 15) is 31.9 Å². The van der Waals surface area contributed by atoms with Crippen molar-refractivity contribution >= 4 is 17.5 Å². The van der Waals surface area contributed by atoms with Gasteiger partial charge in [-0.3, -0.25) is 19.4 Å². The van der Waals surface area contributed by atoms with Gasteiger partial charge in [0, 0.05) is 31.3 Å². The number of ether oxygens (including phenoxy) is 1. The normalized spacial score (nSPS) is 17.5. The molecule has 11 heteroatoms. The maximum absolute atomic E-state index is 14.2. The van der Waals surface area contributed by atoms with Crippen LogP contribution in [-0.4, -0.2) is 34.0 Å². The second-order valence-electron chi connectivity index (χ2n) is 9.04. The van der Waals surface area contributed by atoms with Crippen LogP contribution < -0.4 is 10.1 Å². The molecule has 1 N–H and O–H groups in total. The number of nitrogens with one attached hydrogen (secondary N) is 1. The number of ketones is 2. The minimum Gasteiger partial charge on any atom is -0.436 e. The van der Waals surface area contributed by atoms with E-state index in [0.29, 0.717) is 29.0 Å². The van der Waals surface area contributed by atoms with Gasteiger partial charge in [-0.25, -0.2) is 9.37 Å². The highest BCUT2D eigenvalue weighted by Gasteiger charge is 2.43. The quantitative estimate of drug-likeness (QED) is 0.338. The van der Waals surface area contributed by atoms with Gasteiger partial charge in [0.05, 0.1) is 5.56 Å². The van der Waals surface area contributed by atoms with Crippen LogP contribution in [0.4, 0.5) is 17.6 Å². The Morgan fingerprint density at radius 1 is 1.11 bits per heavy atom. The van der Waals surface area contributed by atoms with Crippen LogP contribution in [0, 0.1) is 25.6 Å². The molecule has 1 fully saturated rings. The fourth-order valence-corrected chi connectivity index (χ4v) is 4.57. The van der Waals surface area contributed by atoms with Crippen LogP contribution in [-0.2, 0) is 15.8 Å². The molecule has 1 saturated carbocycles. The Bertz CT molecular complexity index is 1370. The van der Waals surface area contributed by atoms with Gasteiger partial charge >= 0.3 is 6.18 Å². The van der Waals surface area contributed by atoms with Gasteiger partial charge in [0.15, 0.2) is 11.6 Å². The number of carbonyl (C=O) groups excluding carboxylic acids is 3. The van der Waals surface area contributed by atoms with E-state index in [4.69, 9.17) is 4.74 Å². The predicted molar refractivity (Wildman–Crippen MR) is 127 cm³/mol. The number of amides is 1. The molecule has 0 bridgehead atoms. The number of benzene rings is 1. The van der Waals surface area contributed by atoms with Crippen LogP contribution in [0.1, 0.15) is 51.5 Å². The number of hydrogen-bond acceptors (Lipinski definition) is 6. The van der Waals surface area contributed by atoms with Crippen LogP contribution in [0.2, 0.25) is 0 Å². The molecule has 0 aliphatic heterocycles. The van der Waals surface area contributed by atoms with Crippen LogP contribution in [0.3, 0.4) is 0 Å². The third-order valence-electron chi connectivity index (χ3n) is 6.34. The number of nitrogens with zero attached hydrogens (tertiary/aromatic N) is 2. The van der Waals surface area contributed by atoms with E-state index >= 15 is 0 Å². The minimum atomic E-state index is -4.75. The summed E-state index contributed by atoms with van der Waals surface area (Å²) >= 11 is 0. The Balaban J connectivity index is 1.45. The lowest BCUT2D eigenvalue weighted by Crippen LogP contribution is -2.27. The van der Waals surface area contributed by atoms with Gasteiger partial charge < -0.3 is 10.1 Å². The molecule has 2 unspecified atom stereocenters. The Hall–Kier alpha value is -4.15. The van der Waals surface area contributed by atoms with E-state index in [1.807, 2.05) is 0 Å². The van der Waals surface area contributed by atoms with E-state index in [1.165, 1.54) is 18.3 Å². The zero-order valence-electron chi connectivity index (χ0n) is 20.4. The maximum Gasteiger partial charge on any atom is 0.417 e. The number of aryl methyl sites for hydroxylation is 2. The van der Waals surface area contributed by atoms with E-state index in [0.717, 1.165) is 0 Å². The van der Waals surface area contributed by atoms with Gasteiger partial charge in [0.2, 0.25) is 0 Å². The second-order valence-corrected chi connectivity index (χ2v) is 9.04. The van der Waals surface area contributed by atoms with Crippen molar-refractivity contribution in [2.45, 2.75) is 38.8 Å². The Labute approximate surface area is 215 Å². The molecule has 1 aliphatic rings. The SMILES string of the molecule is Cc1cc(Oc2ncc(C(F)(F)F)cc2F)cc(C)c1C1C(=O)CC(CCNC(=O)c2ccccn2)C1=O. The minimum absolute atomic E-state index is 0.0424. The summed E-state index contributed by atoms with van der Waals surface area (Å²) < 4.78 is 57.9. The molecular weight excluding hydrogens is 506 g/mol. The first kappa shape index (κ1) is 26.9. The molecule has 0 radical (unpaired) electrons. The van der Waals surface area contributed by atoms with E-state index in [1.54, 1.807) is 32.0 Å². The monoisotopic (exact) mass is 529 g/mol. The van der Waals surface area contributed by atoms with Crippen molar-refractivity contribution in [3.05, 3.63) is 82.6 Å². The number of Topliss-reactive ketones (excluding diaryl/α,β-unsaturated/α-hetero) is 2. The summed E-state index contributed by atoms with van der Waals surface area (Å²) in [6, 6.07) is 8.18. The summed E-state index contributed by atoms with van der Waals surface area (Å²) in [6.45, 7) is 3.52. The number of pyridine rings is 2. The van der Waals surface area contributed by atoms with Gasteiger partial charge in [-0.1, -0.05) is 6.07 Å². The lowest BCUT2D eigenvalue weighted by atomic mass is 9.87. The van der Waals surface area contributed by atoms with Crippen molar-refractivity contribution in [1.29, 1.82) is 0 Å². The predicted octanol–water partition coefficient (Wildman–Crippen LogP) is 5.11. The molecule has 0 spiro atoms. The summed E-state index contributed by atoms with van der Waals surface area (Å²) in [7, 11) is 0. The smallest absolute Gasteiger partial charge is 0.417 e. The highest BCUT2D eigenvalue weighted by Crippen LogP contribution is 2.39. The highest BCUT2D eigenvalue weighted by molar-refractivity contribution is 6.15. The van der Waals surface area contributed by atoms with Crippen LogP contribution in [0.15, 0.2) is 48.8 Å². The fourth-order valence-electron chi connectivity index (χ4n) is 4.57.